The largest absolute Gasteiger partial charge is 0.496 e. The number of methoxy groups -OCH3 is 1. The van der Waals surface area contributed by atoms with Gasteiger partial charge < -0.3 is 10.1 Å². The van der Waals surface area contributed by atoms with Crippen molar-refractivity contribution in [2.45, 2.75) is 25.8 Å². The van der Waals surface area contributed by atoms with Crippen molar-refractivity contribution in [3.8, 4) is 5.75 Å². The van der Waals surface area contributed by atoms with E-state index in [-0.39, 0.29) is 17.8 Å². The van der Waals surface area contributed by atoms with E-state index < -0.39 is 0 Å². The van der Waals surface area contributed by atoms with E-state index >= 15 is 0 Å². The first-order chi connectivity index (χ1) is 10.6. The Morgan fingerprint density at radius 2 is 1.86 bits per heavy atom. The Hall–Kier alpha value is -2.36. The second-order valence-electron chi connectivity index (χ2n) is 5.16. The van der Waals surface area contributed by atoms with Crippen LogP contribution in [0.3, 0.4) is 0 Å². The molecule has 0 saturated carbocycles. The molecular weight excluding hydrogens is 281 g/mol. The molecule has 0 spiro atoms. The van der Waals surface area contributed by atoms with Gasteiger partial charge in [0.2, 0.25) is 5.91 Å². The molecule has 3 nitrogen and oxygen atoms in total. The fourth-order valence-electron chi connectivity index (χ4n) is 2.32. The van der Waals surface area contributed by atoms with Gasteiger partial charge in [0.05, 0.1) is 13.2 Å². The molecule has 0 heterocycles. The number of benzene rings is 2. The summed E-state index contributed by atoms with van der Waals surface area (Å²) in [6.07, 6.45) is 0.954. The highest BCUT2D eigenvalue weighted by Gasteiger charge is 2.13. The molecule has 2 rings (SSSR count). The first kappa shape index (κ1) is 16.0. The highest BCUT2D eigenvalue weighted by molar-refractivity contribution is 5.76. The molecule has 0 fully saturated rings. The van der Waals surface area contributed by atoms with Crippen LogP contribution in [0.1, 0.15) is 30.5 Å². The Morgan fingerprint density at radius 3 is 2.55 bits per heavy atom. The second kappa shape index (κ2) is 7.59. The summed E-state index contributed by atoms with van der Waals surface area (Å²) in [6.45, 7) is 1.92. The molecule has 1 N–H and O–H groups in total. The minimum atomic E-state index is -0.266. The molecule has 22 heavy (non-hydrogen) atoms. The number of hydrogen-bond donors (Lipinski definition) is 1. The third-order valence-corrected chi connectivity index (χ3v) is 3.54. The molecule has 0 aliphatic carbocycles. The number of rotatable bonds is 6. The number of nitrogens with one attached hydrogen (secondary N) is 1. The summed E-state index contributed by atoms with van der Waals surface area (Å²) >= 11 is 0. The number of aryl methyl sites for hydroxylation is 1. The van der Waals surface area contributed by atoms with Crippen LogP contribution in [0, 0.1) is 5.82 Å². The lowest BCUT2D eigenvalue weighted by molar-refractivity contribution is -0.121. The number of hydrogen-bond acceptors (Lipinski definition) is 2. The summed E-state index contributed by atoms with van der Waals surface area (Å²) in [5.74, 6) is 0.453. The lowest BCUT2D eigenvalue weighted by Gasteiger charge is -2.17. The average molecular weight is 301 g/mol. The third kappa shape index (κ3) is 4.32. The zero-order valence-corrected chi connectivity index (χ0v) is 12.8. The molecular formula is C18H20FNO2. The highest BCUT2D eigenvalue weighted by Crippen LogP contribution is 2.24. The molecule has 4 heteroatoms. The van der Waals surface area contributed by atoms with Gasteiger partial charge in [-0.3, -0.25) is 4.79 Å². The smallest absolute Gasteiger partial charge is 0.220 e. The van der Waals surface area contributed by atoms with Crippen molar-refractivity contribution < 1.29 is 13.9 Å². The van der Waals surface area contributed by atoms with E-state index in [2.05, 4.69) is 5.32 Å². The van der Waals surface area contributed by atoms with Gasteiger partial charge in [-0.25, -0.2) is 4.39 Å². The van der Waals surface area contributed by atoms with E-state index in [0.717, 1.165) is 16.9 Å². The molecule has 0 bridgehead atoms. The van der Waals surface area contributed by atoms with Crippen LogP contribution >= 0.6 is 0 Å². The van der Waals surface area contributed by atoms with Gasteiger partial charge >= 0.3 is 0 Å². The van der Waals surface area contributed by atoms with Crippen molar-refractivity contribution >= 4 is 5.91 Å². The molecule has 2 aromatic carbocycles. The van der Waals surface area contributed by atoms with Crippen LogP contribution in [0.15, 0.2) is 48.5 Å². The van der Waals surface area contributed by atoms with Crippen LogP contribution in [-0.2, 0) is 11.2 Å². The number of carbonyl (C=O) groups is 1. The van der Waals surface area contributed by atoms with Crippen LogP contribution in [0.2, 0.25) is 0 Å². The molecule has 0 unspecified atom stereocenters. The van der Waals surface area contributed by atoms with Crippen molar-refractivity contribution in [1.82, 2.24) is 5.32 Å². The minimum Gasteiger partial charge on any atom is -0.496 e. The fourth-order valence-corrected chi connectivity index (χ4v) is 2.32. The maximum absolute atomic E-state index is 12.8. The van der Waals surface area contributed by atoms with Crippen LogP contribution in [-0.4, -0.2) is 13.0 Å². The van der Waals surface area contributed by atoms with Gasteiger partial charge in [-0.15, -0.1) is 0 Å². The maximum atomic E-state index is 12.8. The normalized spacial score (nSPS) is 11.8. The molecule has 0 aromatic heterocycles. The van der Waals surface area contributed by atoms with E-state index in [1.54, 1.807) is 19.2 Å². The minimum absolute atomic E-state index is 0.0391. The highest BCUT2D eigenvalue weighted by atomic mass is 19.1. The summed E-state index contributed by atoms with van der Waals surface area (Å²) in [5.41, 5.74) is 1.89. The van der Waals surface area contributed by atoms with Crippen molar-refractivity contribution in [2.75, 3.05) is 7.11 Å². The van der Waals surface area contributed by atoms with Gasteiger partial charge in [0.25, 0.3) is 0 Å². The van der Waals surface area contributed by atoms with Crippen molar-refractivity contribution in [3.63, 3.8) is 0 Å². The van der Waals surface area contributed by atoms with Gasteiger partial charge in [0.15, 0.2) is 0 Å². The Bertz CT molecular complexity index is 625. The van der Waals surface area contributed by atoms with E-state index in [4.69, 9.17) is 4.74 Å². The van der Waals surface area contributed by atoms with E-state index in [1.165, 1.54) is 12.1 Å². The Morgan fingerprint density at radius 1 is 1.18 bits per heavy atom. The van der Waals surface area contributed by atoms with Crippen LogP contribution in [0.5, 0.6) is 5.75 Å². The van der Waals surface area contributed by atoms with E-state index in [0.29, 0.717) is 12.8 Å². The molecule has 0 aliphatic heterocycles. The monoisotopic (exact) mass is 301 g/mol. The Kier molecular flexibility index (Phi) is 5.53. The summed E-state index contributed by atoms with van der Waals surface area (Å²) in [4.78, 5) is 12.0. The quantitative estimate of drug-likeness (QED) is 0.884. The SMILES string of the molecule is COc1ccccc1[C@@H](C)NC(=O)CCc1ccc(F)cc1. The van der Waals surface area contributed by atoms with Crippen LogP contribution in [0.4, 0.5) is 4.39 Å². The topological polar surface area (TPSA) is 38.3 Å². The molecule has 1 amide bonds. The van der Waals surface area contributed by atoms with E-state index in [1.807, 2.05) is 31.2 Å². The summed E-state index contributed by atoms with van der Waals surface area (Å²) < 4.78 is 18.1. The number of halogens is 1. The van der Waals surface area contributed by atoms with Crippen molar-refractivity contribution in [2.24, 2.45) is 0 Å². The van der Waals surface area contributed by atoms with Crippen LogP contribution in [0.25, 0.3) is 0 Å². The van der Waals surface area contributed by atoms with Gasteiger partial charge in [-0.1, -0.05) is 30.3 Å². The molecule has 116 valence electrons. The first-order valence-corrected chi connectivity index (χ1v) is 7.27. The lowest BCUT2D eigenvalue weighted by atomic mass is 10.1. The third-order valence-electron chi connectivity index (χ3n) is 3.54. The molecule has 0 aliphatic rings. The summed E-state index contributed by atoms with van der Waals surface area (Å²) in [5, 5.41) is 2.96. The van der Waals surface area contributed by atoms with Gasteiger partial charge in [-0.2, -0.15) is 0 Å². The summed E-state index contributed by atoms with van der Waals surface area (Å²) in [7, 11) is 1.61. The van der Waals surface area contributed by atoms with Crippen LogP contribution < -0.4 is 10.1 Å². The predicted molar refractivity (Wildman–Crippen MR) is 84.3 cm³/mol. The zero-order chi connectivity index (χ0) is 15.9. The number of carbonyl (C=O) groups excluding carboxylic acids is 1. The lowest BCUT2D eigenvalue weighted by Crippen LogP contribution is -2.27. The second-order valence-corrected chi connectivity index (χ2v) is 5.16. The molecule has 2 aromatic rings. The molecule has 0 radical (unpaired) electrons. The molecule has 1 atom stereocenters. The predicted octanol–water partition coefficient (Wildman–Crippen LogP) is 3.64. The number of para-hydroxylation sites is 1. The summed E-state index contributed by atoms with van der Waals surface area (Å²) in [6, 6.07) is 13.7. The fraction of sp³-hybridized carbons (Fsp3) is 0.278. The zero-order valence-electron chi connectivity index (χ0n) is 12.8. The average Bonchev–Trinajstić information content (AvgIpc) is 2.54. The number of amides is 1. The first-order valence-electron chi connectivity index (χ1n) is 7.27. The maximum Gasteiger partial charge on any atom is 0.220 e. The molecule has 0 saturated heterocycles. The van der Waals surface area contributed by atoms with Gasteiger partial charge in [0.1, 0.15) is 11.6 Å². The Labute approximate surface area is 130 Å². The van der Waals surface area contributed by atoms with Gasteiger partial charge in [0, 0.05) is 12.0 Å². The van der Waals surface area contributed by atoms with Gasteiger partial charge in [-0.05, 0) is 37.1 Å². The van der Waals surface area contributed by atoms with E-state index in [9.17, 15) is 9.18 Å². The Balaban J connectivity index is 1.90. The van der Waals surface area contributed by atoms with Crippen molar-refractivity contribution in [1.29, 1.82) is 0 Å². The van der Waals surface area contributed by atoms with Crippen molar-refractivity contribution in [3.05, 3.63) is 65.5 Å². The number of ether oxygens (including phenoxy) is 1. The standard InChI is InChI=1S/C18H20FNO2/c1-13(16-5-3-4-6-17(16)22-2)20-18(21)12-9-14-7-10-15(19)11-8-14/h3-8,10-11,13H,9,12H2,1-2H3,(H,20,21)/t13-/m1/s1.